The van der Waals surface area contributed by atoms with Crippen LogP contribution in [0.2, 0.25) is 0 Å². The van der Waals surface area contributed by atoms with Gasteiger partial charge in [-0.1, -0.05) is 107 Å². The van der Waals surface area contributed by atoms with Crippen molar-refractivity contribution in [1.29, 1.82) is 0 Å². The molecule has 0 aromatic rings. The summed E-state index contributed by atoms with van der Waals surface area (Å²) in [6, 6.07) is 0. The predicted octanol–water partition coefficient (Wildman–Crippen LogP) is 11.2. The van der Waals surface area contributed by atoms with E-state index in [1.807, 2.05) is 6.92 Å². The van der Waals surface area contributed by atoms with Crippen LogP contribution >= 0.6 is 0 Å². The summed E-state index contributed by atoms with van der Waals surface area (Å²) in [7, 11) is 0. The summed E-state index contributed by atoms with van der Waals surface area (Å²) in [6.45, 7) is 35.6. The first-order valence-electron chi connectivity index (χ1n) is 12.0. The average molecular weight is 1520 g/mol. The number of hydrogen-bond donors (Lipinski definition) is 0. The molecule has 0 aromatic heterocycles. The Morgan fingerprint density at radius 1 is 0.639 bits per heavy atom. The van der Waals surface area contributed by atoms with E-state index in [2.05, 4.69) is 73.1 Å². The molecule has 218 valence electrons. The van der Waals surface area contributed by atoms with Crippen molar-refractivity contribution in [3.05, 3.63) is 81.5 Å². The molecule has 36 heavy (non-hydrogen) atoms. The third kappa shape index (κ3) is 31.4. The first-order chi connectivity index (χ1) is 14.3. The minimum Gasteiger partial charge on any atom is -0.343 e. The molecule has 6 heteroatoms. The van der Waals surface area contributed by atoms with Crippen molar-refractivity contribution in [1.82, 2.24) is 0 Å². The second-order valence-corrected chi connectivity index (χ2v) is 8.21. The van der Waals surface area contributed by atoms with Crippen LogP contribution in [0.4, 0.5) is 0 Å². The Kier molecular flexibility index (Phi) is 68.7. The van der Waals surface area contributed by atoms with Gasteiger partial charge in [0.2, 0.25) is 0 Å². The van der Waals surface area contributed by atoms with E-state index in [0.29, 0.717) is 11.8 Å². The van der Waals surface area contributed by atoms with Crippen molar-refractivity contribution >= 4 is 0 Å². The molecule has 0 aliphatic rings. The van der Waals surface area contributed by atoms with E-state index in [1.165, 1.54) is 22.3 Å². The summed E-state index contributed by atoms with van der Waals surface area (Å²) in [5.74, 6) is 0.842. The van der Waals surface area contributed by atoms with Gasteiger partial charge in [0.15, 0.2) is 0 Å². The summed E-state index contributed by atoms with van der Waals surface area (Å²) in [5, 5.41) is 0. The van der Waals surface area contributed by atoms with Crippen LogP contribution in [-0.4, -0.2) is 0 Å². The number of allylic oxidation sites excluding steroid dienone is 6. The van der Waals surface area contributed by atoms with Gasteiger partial charge in [0, 0.05) is 138 Å². The van der Waals surface area contributed by atoms with E-state index in [9.17, 15) is 0 Å². The molecule has 0 amide bonds. The number of rotatable bonds is 17. The van der Waals surface area contributed by atoms with Gasteiger partial charge < -0.3 is 20.8 Å². The maximum atomic E-state index is 4.34. The summed E-state index contributed by atoms with van der Waals surface area (Å²) >= 11 is 0. The molecule has 0 saturated carbocycles. The predicted molar refractivity (Wildman–Crippen MR) is 150 cm³/mol. The van der Waals surface area contributed by atoms with Crippen molar-refractivity contribution < 1.29 is 132 Å². The molecule has 0 fully saturated rings. The second kappa shape index (κ2) is 42.3. The number of hydrogen-bond acceptors (Lipinski definition) is 0. The average Bonchev–Trinajstić information content (AvgIpc) is 2.69. The van der Waals surface area contributed by atoms with Gasteiger partial charge in [-0.3, -0.25) is 0 Å². The molecule has 0 bridgehead atoms. The quantitative estimate of drug-likeness (QED) is 0.101. The maximum absolute atomic E-state index is 4.34. The molecule has 0 spiro atoms. The smallest absolute Gasteiger partial charge is 0.0000584 e. The van der Waals surface area contributed by atoms with E-state index < -0.39 is 0 Å². The molecule has 0 aliphatic heterocycles. The zero-order valence-electron chi connectivity index (χ0n) is 23.2. The molecule has 0 heterocycles. The second-order valence-electron chi connectivity index (χ2n) is 8.21. The molecule has 0 rings (SSSR count). The molecule has 0 N–H and O–H groups in total. The Balaban J connectivity index is -0.0000000480. The van der Waals surface area contributed by atoms with Crippen molar-refractivity contribution in [3.8, 4) is 0 Å². The summed E-state index contributed by atoms with van der Waals surface area (Å²) in [5.41, 5.74) is 5.21. The summed E-state index contributed by atoms with van der Waals surface area (Å²) in [4.78, 5) is 0. The standard InChI is InChI=1S/C25H41.C5H10.6W.4H2/c1-9-14-20(5)24(21(6)15-10-2)18-13-19-25(22(7)16-11-3)23(8)17-12-4;1-3-5-4-2;;;;;;;;;;/h24-25H,1-3,5-19H2,4H3;3,5H,4H2,1-2H3;;;;;;;4*1H/q-3;;;;;;;;;;;. The van der Waals surface area contributed by atoms with Crippen molar-refractivity contribution in [3.63, 3.8) is 0 Å². The van der Waals surface area contributed by atoms with E-state index in [-0.39, 0.29) is 132 Å². The fourth-order valence-corrected chi connectivity index (χ4v) is 3.85. The topological polar surface area (TPSA) is 0 Å². The fourth-order valence-electron chi connectivity index (χ4n) is 3.85. The van der Waals surface area contributed by atoms with Crippen LogP contribution in [0.5, 0.6) is 0 Å². The maximum Gasteiger partial charge on any atom is 0.0000584 e. The fraction of sp³-hybridized carbons (Fsp3) is 0.567. The molecule has 0 aromatic carbocycles. The SMILES string of the molecule is C=C(CC[CH2-])C(CCCC(C(=C)CC[CH2-])C(=C)CCC)C(=C)CC[CH2-].CC=CCC.[HH].[HH].[HH].[HH].[W].[W].[W].[W].[W].[W]. The van der Waals surface area contributed by atoms with Crippen LogP contribution < -0.4 is 0 Å². The normalized spacial score (nSPS) is 9.86. The molecular formula is C30H59W6-3. The van der Waals surface area contributed by atoms with Gasteiger partial charge in [-0.25, -0.2) is 0 Å². The third-order valence-electron chi connectivity index (χ3n) is 5.49. The zero-order chi connectivity index (χ0) is 23.4. The van der Waals surface area contributed by atoms with Crippen LogP contribution in [0.3, 0.4) is 0 Å². The first kappa shape index (κ1) is 58.5. The van der Waals surface area contributed by atoms with Gasteiger partial charge in [0.25, 0.3) is 0 Å². The van der Waals surface area contributed by atoms with Crippen molar-refractivity contribution in [2.24, 2.45) is 11.8 Å². The molecule has 1 unspecified atom stereocenters. The zero-order valence-corrected chi connectivity index (χ0v) is 40.8. The Bertz CT molecular complexity index is 468. The van der Waals surface area contributed by atoms with Crippen LogP contribution in [0, 0.1) is 32.6 Å². The largest absolute Gasteiger partial charge is 0.343 e. The molecule has 0 aliphatic carbocycles. The minimum atomic E-state index is 0. The summed E-state index contributed by atoms with van der Waals surface area (Å²) < 4.78 is 0. The van der Waals surface area contributed by atoms with Crippen molar-refractivity contribution in [2.45, 2.75) is 97.8 Å². The Labute approximate surface area is 319 Å². The monoisotopic (exact) mass is 1520 g/mol. The summed E-state index contributed by atoms with van der Waals surface area (Å²) in [6.07, 6.45) is 16.7. The van der Waals surface area contributed by atoms with Gasteiger partial charge in [-0.2, -0.15) is 19.3 Å². The van der Waals surface area contributed by atoms with Gasteiger partial charge >= 0.3 is 0 Å². The van der Waals surface area contributed by atoms with E-state index >= 15 is 0 Å². The van der Waals surface area contributed by atoms with Crippen LogP contribution in [0.25, 0.3) is 0 Å². The molecule has 0 nitrogen and oxygen atoms in total. The van der Waals surface area contributed by atoms with Gasteiger partial charge in [0.05, 0.1) is 0 Å². The van der Waals surface area contributed by atoms with Gasteiger partial charge in [-0.05, 0) is 38.5 Å². The third-order valence-corrected chi connectivity index (χ3v) is 5.49. The van der Waals surface area contributed by atoms with E-state index in [1.54, 1.807) is 0 Å². The van der Waals surface area contributed by atoms with E-state index in [4.69, 9.17) is 0 Å². The minimum absolute atomic E-state index is 0. The van der Waals surface area contributed by atoms with Gasteiger partial charge in [0.1, 0.15) is 0 Å². The van der Waals surface area contributed by atoms with Gasteiger partial charge in [-0.15, -0.1) is 0 Å². The Hall–Kier alpha value is 2.83. The molecule has 0 radical (unpaired) electrons. The molecule has 1 atom stereocenters. The van der Waals surface area contributed by atoms with E-state index in [0.717, 1.165) is 77.0 Å². The van der Waals surface area contributed by atoms with Crippen LogP contribution in [-0.2, 0) is 126 Å². The van der Waals surface area contributed by atoms with Crippen molar-refractivity contribution in [2.75, 3.05) is 0 Å². The molecule has 0 saturated heterocycles. The Morgan fingerprint density at radius 2 is 0.944 bits per heavy atom. The van der Waals surface area contributed by atoms with Crippen LogP contribution in [0.1, 0.15) is 104 Å². The van der Waals surface area contributed by atoms with Crippen LogP contribution in [0.15, 0.2) is 60.8 Å². The first-order valence-corrected chi connectivity index (χ1v) is 12.0. The Morgan fingerprint density at radius 3 is 1.14 bits per heavy atom. The molecular weight excluding hydrogens is 1460 g/mol.